The molecule has 1 heterocycles. The SMILES string of the molecule is CCOCCN(C)c1cc(NC)nc(SC)n1. The van der Waals surface area contributed by atoms with Gasteiger partial charge in [-0.1, -0.05) is 11.8 Å². The van der Waals surface area contributed by atoms with E-state index in [1.165, 1.54) is 11.8 Å². The van der Waals surface area contributed by atoms with Gasteiger partial charge in [0.1, 0.15) is 11.6 Å². The smallest absolute Gasteiger partial charge is 0.191 e. The molecule has 0 aliphatic heterocycles. The van der Waals surface area contributed by atoms with Gasteiger partial charge in [0.05, 0.1) is 6.61 Å². The van der Waals surface area contributed by atoms with Crippen LogP contribution in [0.15, 0.2) is 11.2 Å². The number of thioether (sulfide) groups is 1. The number of aromatic nitrogens is 2. The molecule has 0 aromatic carbocycles. The number of likely N-dealkylation sites (N-methyl/N-ethyl adjacent to an activating group) is 1. The first-order valence-electron chi connectivity index (χ1n) is 5.61. The van der Waals surface area contributed by atoms with E-state index in [1.807, 2.05) is 33.3 Å². The Balaban J connectivity index is 2.73. The molecule has 6 heteroatoms. The van der Waals surface area contributed by atoms with Crippen molar-refractivity contribution >= 4 is 23.4 Å². The third-order valence-electron chi connectivity index (χ3n) is 2.30. The first-order chi connectivity index (χ1) is 8.21. The van der Waals surface area contributed by atoms with Gasteiger partial charge in [-0.3, -0.25) is 0 Å². The van der Waals surface area contributed by atoms with Crippen LogP contribution in [0.1, 0.15) is 6.92 Å². The molecule has 0 amide bonds. The van der Waals surface area contributed by atoms with Gasteiger partial charge in [0.2, 0.25) is 0 Å². The monoisotopic (exact) mass is 256 g/mol. The van der Waals surface area contributed by atoms with Crippen molar-refractivity contribution in [1.29, 1.82) is 0 Å². The minimum Gasteiger partial charge on any atom is -0.380 e. The van der Waals surface area contributed by atoms with Crippen LogP contribution in [0.2, 0.25) is 0 Å². The van der Waals surface area contributed by atoms with Crippen LogP contribution in [0, 0.1) is 0 Å². The maximum atomic E-state index is 5.33. The second-order valence-electron chi connectivity index (χ2n) is 3.47. The number of hydrogen-bond donors (Lipinski definition) is 1. The van der Waals surface area contributed by atoms with E-state index < -0.39 is 0 Å². The van der Waals surface area contributed by atoms with Gasteiger partial charge in [-0.2, -0.15) is 0 Å². The molecular formula is C11H20N4OS. The van der Waals surface area contributed by atoms with Crippen LogP contribution in [-0.2, 0) is 4.74 Å². The van der Waals surface area contributed by atoms with E-state index in [-0.39, 0.29) is 0 Å². The van der Waals surface area contributed by atoms with Gasteiger partial charge >= 0.3 is 0 Å². The molecule has 5 nitrogen and oxygen atoms in total. The maximum Gasteiger partial charge on any atom is 0.191 e. The second kappa shape index (κ2) is 7.34. The quantitative estimate of drug-likeness (QED) is 0.455. The zero-order chi connectivity index (χ0) is 12.7. The molecule has 0 saturated heterocycles. The van der Waals surface area contributed by atoms with Gasteiger partial charge in [-0.05, 0) is 13.2 Å². The van der Waals surface area contributed by atoms with Crippen molar-refractivity contribution in [3.8, 4) is 0 Å². The highest BCUT2D eigenvalue weighted by molar-refractivity contribution is 7.98. The van der Waals surface area contributed by atoms with E-state index in [9.17, 15) is 0 Å². The van der Waals surface area contributed by atoms with Crippen molar-refractivity contribution in [1.82, 2.24) is 9.97 Å². The fourth-order valence-electron chi connectivity index (χ4n) is 1.29. The average Bonchev–Trinajstić information content (AvgIpc) is 2.38. The Morgan fingerprint density at radius 2 is 2.24 bits per heavy atom. The molecule has 0 aliphatic carbocycles. The summed E-state index contributed by atoms with van der Waals surface area (Å²) >= 11 is 1.54. The minimum atomic E-state index is 0.709. The van der Waals surface area contributed by atoms with Crippen molar-refractivity contribution in [2.45, 2.75) is 12.1 Å². The summed E-state index contributed by atoms with van der Waals surface area (Å²) in [5, 5.41) is 3.82. The van der Waals surface area contributed by atoms with E-state index >= 15 is 0 Å². The summed E-state index contributed by atoms with van der Waals surface area (Å²) in [6.45, 7) is 4.27. The molecule has 0 atom stereocenters. The van der Waals surface area contributed by atoms with Crippen molar-refractivity contribution in [3.05, 3.63) is 6.07 Å². The van der Waals surface area contributed by atoms with Crippen molar-refractivity contribution in [3.63, 3.8) is 0 Å². The summed E-state index contributed by atoms with van der Waals surface area (Å²) in [4.78, 5) is 10.9. The van der Waals surface area contributed by atoms with Crippen molar-refractivity contribution < 1.29 is 4.74 Å². The predicted octanol–water partition coefficient (Wildman–Crippen LogP) is 1.71. The Bertz CT molecular complexity index is 326. The van der Waals surface area contributed by atoms with Crippen molar-refractivity contribution in [2.24, 2.45) is 0 Å². The molecule has 1 aromatic rings. The Morgan fingerprint density at radius 3 is 2.82 bits per heavy atom. The van der Waals surface area contributed by atoms with Crippen LogP contribution < -0.4 is 10.2 Å². The fraction of sp³-hybridized carbons (Fsp3) is 0.636. The lowest BCUT2D eigenvalue weighted by atomic mass is 10.4. The molecule has 1 N–H and O–H groups in total. The Hall–Kier alpha value is -1.01. The summed E-state index contributed by atoms with van der Waals surface area (Å²) in [6.07, 6.45) is 1.97. The largest absolute Gasteiger partial charge is 0.380 e. The predicted molar refractivity (Wildman–Crippen MR) is 73.1 cm³/mol. The third-order valence-corrected chi connectivity index (χ3v) is 2.84. The molecule has 0 aliphatic rings. The summed E-state index contributed by atoms with van der Waals surface area (Å²) in [5.41, 5.74) is 0. The third kappa shape index (κ3) is 4.40. The lowest BCUT2D eigenvalue weighted by Gasteiger charge is -2.19. The van der Waals surface area contributed by atoms with Crippen LogP contribution in [0.3, 0.4) is 0 Å². The molecule has 17 heavy (non-hydrogen) atoms. The molecule has 0 saturated carbocycles. The molecule has 0 fully saturated rings. The molecule has 0 radical (unpaired) electrons. The second-order valence-corrected chi connectivity index (χ2v) is 4.24. The highest BCUT2D eigenvalue weighted by atomic mass is 32.2. The number of hydrogen-bond acceptors (Lipinski definition) is 6. The summed E-state index contributed by atoms with van der Waals surface area (Å²) in [7, 11) is 3.86. The van der Waals surface area contributed by atoms with Crippen LogP contribution in [0.5, 0.6) is 0 Å². The van der Waals surface area contributed by atoms with E-state index in [0.29, 0.717) is 6.61 Å². The number of anilines is 2. The lowest BCUT2D eigenvalue weighted by Crippen LogP contribution is -2.24. The highest BCUT2D eigenvalue weighted by Gasteiger charge is 2.07. The first-order valence-corrected chi connectivity index (χ1v) is 6.83. The number of nitrogens with zero attached hydrogens (tertiary/aromatic N) is 3. The van der Waals surface area contributed by atoms with E-state index in [0.717, 1.165) is 29.9 Å². The molecule has 0 unspecified atom stereocenters. The number of nitrogens with one attached hydrogen (secondary N) is 1. The Kier molecular flexibility index (Phi) is 6.07. The van der Waals surface area contributed by atoms with E-state index in [1.54, 1.807) is 0 Å². The van der Waals surface area contributed by atoms with Crippen LogP contribution in [0.25, 0.3) is 0 Å². The highest BCUT2D eigenvalue weighted by Crippen LogP contribution is 2.19. The fourth-order valence-corrected chi connectivity index (χ4v) is 1.66. The summed E-state index contributed by atoms with van der Waals surface area (Å²) < 4.78 is 5.33. The molecular weight excluding hydrogens is 236 g/mol. The Labute approximate surface area is 107 Å². The first kappa shape index (κ1) is 14.1. The van der Waals surface area contributed by atoms with Gasteiger partial charge in [-0.25, -0.2) is 9.97 Å². The van der Waals surface area contributed by atoms with E-state index in [2.05, 4.69) is 20.2 Å². The van der Waals surface area contributed by atoms with Gasteiger partial charge in [0.25, 0.3) is 0 Å². The summed E-state index contributed by atoms with van der Waals surface area (Å²) in [5.74, 6) is 1.75. The standard InChI is InChI=1S/C11H20N4OS/c1-5-16-7-6-15(3)10-8-9(12-2)13-11(14-10)17-4/h8H,5-7H2,1-4H3,(H,12,13,14). The summed E-state index contributed by atoms with van der Waals surface area (Å²) in [6, 6.07) is 1.94. The maximum absolute atomic E-state index is 5.33. The van der Waals surface area contributed by atoms with Gasteiger partial charge in [-0.15, -0.1) is 0 Å². The van der Waals surface area contributed by atoms with Crippen LogP contribution >= 0.6 is 11.8 Å². The average molecular weight is 256 g/mol. The zero-order valence-electron chi connectivity index (χ0n) is 10.9. The molecule has 1 rings (SSSR count). The zero-order valence-corrected chi connectivity index (χ0v) is 11.7. The lowest BCUT2D eigenvalue weighted by molar-refractivity contribution is 0.154. The van der Waals surface area contributed by atoms with Gasteiger partial charge in [0.15, 0.2) is 5.16 Å². The van der Waals surface area contributed by atoms with Crippen LogP contribution in [-0.4, -0.2) is 50.1 Å². The molecule has 1 aromatic heterocycles. The molecule has 0 spiro atoms. The normalized spacial score (nSPS) is 10.4. The number of ether oxygens (including phenoxy) is 1. The number of rotatable bonds is 7. The van der Waals surface area contributed by atoms with Crippen LogP contribution in [0.4, 0.5) is 11.6 Å². The van der Waals surface area contributed by atoms with Gasteiger partial charge in [0, 0.05) is 33.3 Å². The van der Waals surface area contributed by atoms with Gasteiger partial charge < -0.3 is 15.0 Å². The van der Waals surface area contributed by atoms with Crippen molar-refractivity contribution in [2.75, 3.05) is 50.3 Å². The minimum absolute atomic E-state index is 0.709. The molecule has 96 valence electrons. The molecule has 0 bridgehead atoms. The Morgan fingerprint density at radius 1 is 1.47 bits per heavy atom. The topological polar surface area (TPSA) is 50.3 Å². The van der Waals surface area contributed by atoms with E-state index in [4.69, 9.17) is 4.74 Å².